The smallest absolute Gasteiger partial charge is 0.271 e. The van der Waals surface area contributed by atoms with Gasteiger partial charge in [-0.05, 0) is 63.3 Å². The number of thiophene rings is 1. The molecule has 27 heavy (non-hydrogen) atoms. The van der Waals surface area contributed by atoms with Crippen LogP contribution in [0.25, 0.3) is 0 Å². The van der Waals surface area contributed by atoms with Gasteiger partial charge in [-0.3, -0.25) is 9.52 Å². The fourth-order valence-corrected chi connectivity index (χ4v) is 6.08. The first-order chi connectivity index (χ1) is 12.8. The number of carbonyl (C=O) groups excluding carboxylic acids is 1. The number of hydrogen-bond acceptors (Lipinski definition) is 4. The summed E-state index contributed by atoms with van der Waals surface area (Å²) in [7, 11) is -3.67. The minimum atomic E-state index is -3.67. The average molecular weight is 407 g/mol. The van der Waals surface area contributed by atoms with Gasteiger partial charge in [-0.1, -0.05) is 17.7 Å². The number of likely N-dealkylation sites (tertiary alicyclic amines) is 1. The molecule has 1 saturated heterocycles. The van der Waals surface area contributed by atoms with E-state index in [1.807, 2.05) is 37.8 Å². The van der Waals surface area contributed by atoms with Gasteiger partial charge in [-0.15, -0.1) is 11.3 Å². The zero-order valence-corrected chi connectivity index (χ0v) is 17.7. The van der Waals surface area contributed by atoms with E-state index in [2.05, 4.69) is 4.72 Å². The van der Waals surface area contributed by atoms with Crippen molar-refractivity contribution in [3.05, 3.63) is 45.8 Å². The second-order valence-corrected chi connectivity index (χ2v) is 10.3. The molecule has 1 N–H and O–H groups in total. The number of rotatable bonds is 5. The molecular weight excluding hydrogens is 380 g/mol. The van der Waals surface area contributed by atoms with Gasteiger partial charge in [0.05, 0.1) is 12.1 Å². The second kappa shape index (κ2) is 8.02. The lowest BCUT2D eigenvalue weighted by atomic mass is 10.1. The largest absolute Gasteiger partial charge is 0.342 e. The van der Waals surface area contributed by atoms with E-state index in [-0.39, 0.29) is 16.5 Å². The summed E-state index contributed by atoms with van der Waals surface area (Å²) in [5.74, 6) is 0.0821. The van der Waals surface area contributed by atoms with Crippen molar-refractivity contribution in [3.8, 4) is 0 Å². The van der Waals surface area contributed by atoms with E-state index in [9.17, 15) is 13.2 Å². The van der Waals surface area contributed by atoms with Crippen LogP contribution in [0.5, 0.6) is 0 Å². The summed E-state index contributed by atoms with van der Waals surface area (Å²) in [5.41, 5.74) is 3.52. The Labute approximate surface area is 165 Å². The first-order valence-electron chi connectivity index (χ1n) is 9.23. The van der Waals surface area contributed by atoms with E-state index in [1.54, 1.807) is 12.1 Å². The number of aryl methyl sites for hydroxylation is 3. The Morgan fingerprint density at radius 3 is 2.33 bits per heavy atom. The van der Waals surface area contributed by atoms with Crippen molar-refractivity contribution in [3.63, 3.8) is 0 Å². The molecule has 1 aromatic heterocycles. The van der Waals surface area contributed by atoms with Crippen molar-refractivity contribution < 1.29 is 13.2 Å². The monoisotopic (exact) mass is 406 g/mol. The van der Waals surface area contributed by atoms with Crippen LogP contribution in [0.2, 0.25) is 0 Å². The Kier molecular flexibility index (Phi) is 5.91. The second-order valence-electron chi connectivity index (χ2n) is 7.22. The average Bonchev–Trinajstić information content (AvgIpc) is 3.08. The molecule has 0 unspecified atom stereocenters. The molecule has 5 nitrogen and oxygen atoms in total. The van der Waals surface area contributed by atoms with Crippen LogP contribution in [-0.4, -0.2) is 32.3 Å². The first-order valence-corrected chi connectivity index (χ1v) is 11.5. The number of piperidine rings is 1. The number of anilines is 1. The van der Waals surface area contributed by atoms with Crippen molar-refractivity contribution in [2.75, 3.05) is 17.8 Å². The summed E-state index contributed by atoms with van der Waals surface area (Å²) < 4.78 is 28.5. The molecule has 0 radical (unpaired) electrons. The molecule has 2 aromatic rings. The Balaban J connectivity index is 1.74. The molecule has 146 valence electrons. The van der Waals surface area contributed by atoms with E-state index < -0.39 is 10.0 Å². The minimum Gasteiger partial charge on any atom is -0.342 e. The highest BCUT2D eigenvalue weighted by atomic mass is 32.2. The molecule has 0 atom stereocenters. The Bertz CT molecular complexity index is 919. The maximum absolute atomic E-state index is 12.8. The third-order valence-corrected chi connectivity index (χ3v) is 7.78. The highest BCUT2D eigenvalue weighted by Gasteiger charge is 2.22. The quantitative estimate of drug-likeness (QED) is 0.815. The van der Waals surface area contributed by atoms with E-state index >= 15 is 0 Å². The van der Waals surface area contributed by atoms with Crippen LogP contribution >= 0.6 is 11.3 Å². The summed E-state index contributed by atoms with van der Waals surface area (Å²) in [6.45, 7) is 7.40. The number of nitrogens with zero attached hydrogens (tertiary/aromatic N) is 1. The lowest BCUT2D eigenvalue weighted by Gasteiger charge is -2.26. The fourth-order valence-electron chi connectivity index (χ4n) is 3.53. The Morgan fingerprint density at radius 1 is 1.07 bits per heavy atom. The van der Waals surface area contributed by atoms with Gasteiger partial charge < -0.3 is 4.90 Å². The zero-order chi connectivity index (χ0) is 19.6. The van der Waals surface area contributed by atoms with Gasteiger partial charge in [0.25, 0.3) is 10.0 Å². The summed E-state index contributed by atoms with van der Waals surface area (Å²) in [6, 6.07) is 7.25. The van der Waals surface area contributed by atoms with E-state index in [0.29, 0.717) is 5.69 Å². The van der Waals surface area contributed by atoms with Crippen molar-refractivity contribution in [2.45, 2.75) is 50.7 Å². The van der Waals surface area contributed by atoms with Crippen molar-refractivity contribution in [1.82, 2.24) is 4.90 Å². The third-order valence-electron chi connectivity index (χ3n) is 4.85. The molecule has 1 aliphatic rings. The maximum atomic E-state index is 12.8. The number of carbonyl (C=O) groups is 1. The summed E-state index contributed by atoms with van der Waals surface area (Å²) >= 11 is 1.17. The molecule has 0 saturated carbocycles. The lowest BCUT2D eigenvalue weighted by molar-refractivity contribution is -0.131. The van der Waals surface area contributed by atoms with Crippen LogP contribution in [0, 0.1) is 20.8 Å². The SMILES string of the molecule is Cc1cc(C)c(NS(=O)(=O)c2ccc(CC(=O)N3CCCCC3)s2)c(C)c1. The van der Waals surface area contributed by atoms with E-state index in [1.165, 1.54) is 17.8 Å². The maximum Gasteiger partial charge on any atom is 0.271 e. The molecule has 1 aromatic carbocycles. The highest BCUT2D eigenvalue weighted by molar-refractivity contribution is 7.94. The number of amides is 1. The first kappa shape index (κ1) is 19.9. The molecule has 0 spiro atoms. The van der Waals surface area contributed by atoms with Crippen LogP contribution in [0.4, 0.5) is 5.69 Å². The number of nitrogens with one attached hydrogen (secondary N) is 1. The van der Waals surface area contributed by atoms with Gasteiger partial charge in [-0.25, -0.2) is 8.42 Å². The Hall–Kier alpha value is -1.86. The molecule has 3 rings (SSSR count). The van der Waals surface area contributed by atoms with Crippen molar-refractivity contribution in [2.24, 2.45) is 0 Å². The van der Waals surface area contributed by atoms with Crippen LogP contribution < -0.4 is 4.72 Å². The number of benzene rings is 1. The van der Waals surface area contributed by atoms with Crippen LogP contribution in [0.1, 0.15) is 40.8 Å². The molecule has 1 aliphatic heterocycles. The molecule has 2 heterocycles. The van der Waals surface area contributed by atoms with Gasteiger partial charge >= 0.3 is 0 Å². The van der Waals surface area contributed by atoms with Crippen molar-refractivity contribution >= 4 is 33.0 Å². The normalized spacial score (nSPS) is 15.0. The third kappa shape index (κ3) is 4.71. The van der Waals surface area contributed by atoms with E-state index in [4.69, 9.17) is 0 Å². The summed E-state index contributed by atoms with van der Waals surface area (Å²) in [6.07, 6.45) is 3.54. The molecular formula is C20H26N2O3S2. The van der Waals surface area contributed by atoms with Crippen LogP contribution in [0.15, 0.2) is 28.5 Å². The minimum absolute atomic E-state index is 0.0821. The highest BCUT2D eigenvalue weighted by Crippen LogP contribution is 2.28. The topological polar surface area (TPSA) is 66.5 Å². The summed E-state index contributed by atoms with van der Waals surface area (Å²) in [4.78, 5) is 15.1. The standard InChI is InChI=1S/C20H26N2O3S2/c1-14-11-15(2)20(16(3)12-14)21-27(24,25)19-8-7-17(26-19)13-18(23)22-9-5-4-6-10-22/h7-8,11-12,21H,4-6,9-10,13H2,1-3H3. The molecule has 0 bridgehead atoms. The Morgan fingerprint density at radius 2 is 1.70 bits per heavy atom. The van der Waals surface area contributed by atoms with Gasteiger partial charge in [0.15, 0.2) is 0 Å². The van der Waals surface area contributed by atoms with Crippen LogP contribution in [0.3, 0.4) is 0 Å². The number of sulfonamides is 1. The van der Waals surface area contributed by atoms with Gasteiger partial charge in [-0.2, -0.15) is 0 Å². The van der Waals surface area contributed by atoms with Crippen LogP contribution in [-0.2, 0) is 21.2 Å². The zero-order valence-electron chi connectivity index (χ0n) is 16.0. The van der Waals surface area contributed by atoms with E-state index in [0.717, 1.165) is 47.5 Å². The summed E-state index contributed by atoms with van der Waals surface area (Å²) in [5, 5.41) is 0. The lowest BCUT2D eigenvalue weighted by Crippen LogP contribution is -2.36. The predicted octanol–water partition coefficient (Wildman–Crippen LogP) is 4.03. The molecule has 1 fully saturated rings. The predicted molar refractivity (Wildman–Crippen MR) is 110 cm³/mol. The van der Waals surface area contributed by atoms with Crippen molar-refractivity contribution in [1.29, 1.82) is 0 Å². The fraction of sp³-hybridized carbons (Fsp3) is 0.450. The van der Waals surface area contributed by atoms with Gasteiger partial charge in [0, 0.05) is 18.0 Å². The number of hydrogen-bond donors (Lipinski definition) is 1. The van der Waals surface area contributed by atoms with Gasteiger partial charge in [0.2, 0.25) is 5.91 Å². The molecule has 1 amide bonds. The molecule has 0 aliphatic carbocycles. The molecule has 7 heteroatoms. The van der Waals surface area contributed by atoms with Gasteiger partial charge in [0.1, 0.15) is 4.21 Å².